The molecule has 0 aliphatic heterocycles. The highest BCUT2D eigenvalue weighted by molar-refractivity contribution is 7.13. The Bertz CT molecular complexity index is 860. The van der Waals surface area contributed by atoms with Crippen LogP contribution in [0.1, 0.15) is 11.1 Å². The van der Waals surface area contributed by atoms with E-state index in [9.17, 15) is 5.11 Å². The summed E-state index contributed by atoms with van der Waals surface area (Å²) in [6, 6.07) is 14.3. The Morgan fingerprint density at radius 1 is 1.08 bits per heavy atom. The van der Waals surface area contributed by atoms with Gasteiger partial charge in [0.25, 0.3) is 0 Å². The van der Waals surface area contributed by atoms with Crippen LogP contribution in [-0.4, -0.2) is 34.5 Å². The van der Waals surface area contributed by atoms with Crippen molar-refractivity contribution in [1.29, 1.82) is 0 Å². The van der Waals surface area contributed by atoms with Gasteiger partial charge in [0.1, 0.15) is 5.01 Å². The topological polar surface area (TPSA) is 65.4 Å². The number of aryl methyl sites for hydroxylation is 2. The summed E-state index contributed by atoms with van der Waals surface area (Å²) in [5, 5.41) is 24.5. The molecule has 0 fully saturated rings. The van der Waals surface area contributed by atoms with Crippen molar-refractivity contribution >= 4 is 17.0 Å². The predicted molar refractivity (Wildman–Crippen MR) is 104 cm³/mol. The highest BCUT2D eigenvalue weighted by atomic mass is 32.1. The first-order valence-electron chi connectivity index (χ1n) is 8.23. The summed E-state index contributed by atoms with van der Waals surface area (Å²) < 4.78 is 0. The number of aliphatic hydroxyl groups is 2. The highest BCUT2D eigenvalue weighted by Crippen LogP contribution is 2.30. The Hall–Kier alpha value is -2.21. The zero-order valence-electron chi connectivity index (χ0n) is 14.4. The number of rotatable bonds is 6. The van der Waals surface area contributed by atoms with E-state index in [1.807, 2.05) is 24.3 Å². The van der Waals surface area contributed by atoms with Gasteiger partial charge in [0.05, 0.1) is 18.4 Å². The molecule has 5 heteroatoms. The van der Waals surface area contributed by atoms with Crippen molar-refractivity contribution in [3.05, 3.63) is 59.0 Å². The maximum Gasteiger partial charge on any atom is 0.124 e. The molecule has 0 aliphatic rings. The van der Waals surface area contributed by atoms with E-state index in [2.05, 4.69) is 42.7 Å². The normalized spacial score (nSPS) is 12.2. The third-order valence-electron chi connectivity index (χ3n) is 4.17. The third kappa shape index (κ3) is 4.25. The molecule has 1 atom stereocenters. The smallest absolute Gasteiger partial charge is 0.124 e. The second kappa shape index (κ2) is 7.78. The summed E-state index contributed by atoms with van der Waals surface area (Å²) in [5.74, 6) is 0. The van der Waals surface area contributed by atoms with Crippen molar-refractivity contribution in [3.8, 4) is 21.8 Å². The quantitative estimate of drug-likeness (QED) is 0.629. The molecule has 0 aliphatic carbocycles. The monoisotopic (exact) mass is 354 g/mol. The molecule has 3 aromatic rings. The van der Waals surface area contributed by atoms with Gasteiger partial charge < -0.3 is 15.5 Å². The molecule has 130 valence electrons. The SMILES string of the molecule is Cc1ccc(-c2csc(-c3cccc(NCC(O)CO)c3)n2)cc1C. The number of aromatic nitrogens is 1. The standard InChI is InChI=1S/C20H22N2O2S/c1-13-6-7-15(8-14(13)2)19-12-25-20(22-19)16-4-3-5-17(9-16)21-10-18(24)11-23/h3-9,12,18,21,23-24H,10-11H2,1-2H3. The lowest BCUT2D eigenvalue weighted by atomic mass is 10.1. The Morgan fingerprint density at radius 2 is 1.92 bits per heavy atom. The van der Waals surface area contributed by atoms with E-state index >= 15 is 0 Å². The number of aliphatic hydroxyl groups excluding tert-OH is 2. The molecule has 0 amide bonds. The van der Waals surface area contributed by atoms with Crippen LogP contribution in [0.2, 0.25) is 0 Å². The van der Waals surface area contributed by atoms with Crippen molar-refractivity contribution in [3.63, 3.8) is 0 Å². The van der Waals surface area contributed by atoms with Crippen molar-refractivity contribution in [1.82, 2.24) is 4.98 Å². The number of hydrogen-bond acceptors (Lipinski definition) is 5. The fraction of sp³-hybridized carbons (Fsp3) is 0.250. The number of nitrogens with one attached hydrogen (secondary N) is 1. The molecule has 1 heterocycles. The molecular weight excluding hydrogens is 332 g/mol. The minimum atomic E-state index is -0.764. The van der Waals surface area contributed by atoms with Gasteiger partial charge >= 0.3 is 0 Å². The van der Waals surface area contributed by atoms with Crippen LogP contribution >= 0.6 is 11.3 Å². The van der Waals surface area contributed by atoms with Crippen LogP contribution in [0.25, 0.3) is 21.8 Å². The average molecular weight is 354 g/mol. The van der Waals surface area contributed by atoms with Crippen LogP contribution in [0.15, 0.2) is 47.8 Å². The van der Waals surface area contributed by atoms with E-state index in [0.29, 0.717) is 6.54 Å². The average Bonchev–Trinajstić information content (AvgIpc) is 3.12. The van der Waals surface area contributed by atoms with Gasteiger partial charge in [0.15, 0.2) is 0 Å². The molecule has 0 bridgehead atoms. The maximum absolute atomic E-state index is 9.45. The van der Waals surface area contributed by atoms with E-state index in [1.54, 1.807) is 11.3 Å². The van der Waals surface area contributed by atoms with Gasteiger partial charge in [0, 0.05) is 28.7 Å². The molecule has 0 spiro atoms. The molecule has 0 saturated heterocycles. The zero-order chi connectivity index (χ0) is 17.8. The van der Waals surface area contributed by atoms with Gasteiger partial charge in [-0.05, 0) is 43.2 Å². The van der Waals surface area contributed by atoms with E-state index < -0.39 is 6.10 Å². The lowest BCUT2D eigenvalue weighted by Crippen LogP contribution is -2.22. The maximum atomic E-state index is 9.45. The minimum absolute atomic E-state index is 0.251. The summed E-state index contributed by atoms with van der Waals surface area (Å²) in [4.78, 5) is 4.78. The van der Waals surface area contributed by atoms with Crippen LogP contribution < -0.4 is 5.32 Å². The molecular formula is C20H22N2O2S. The Kier molecular flexibility index (Phi) is 5.48. The second-order valence-electron chi connectivity index (χ2n) is 6.14. The first-order chi connectivity index (χ1) is 12.1. The first-order valence-corrected chi connectivity index (χ1v) is 9.11. The molecule has 1 aromatic heterocycles. The van der Waals surface area contributed by atoms with Crippen LogP contribution in [0.5, 0.6) is 0 Å². The van der Waals surface area contributed by atoms with E-state index in [1.165, 1.54) is 11.1 Å². The van der Waals surface area contributed by atoms with Gasteiger partial charge in [-0.1, -0.05) is 24.3 Å². The largest absolute Gasteiger partial charge is 0.394 e. The number of benzene rings is 2. The minimum Gasteiger partial charge on any atom is -0.394 e. The first kappa shape index (κ1) is 17.6. The summed E-state index contributed by atoms with van der Waals surface area (Å²) in [6.07, 6.45) is -0.764. The van der Waals surface area contributed by atoms with Crippen LogP contribution in [-0.2, 0) is 0 Å². The van der Waals surface area contributed by atoms with Crippen molar-refractivity contribution in [2.24, 2.45) is 0 Å². The van der Waals surface area contributed by atoms with Gasteiger partial charge in [-0.3, -0.25) is 0 Å². The van der Waals surface area contributed by atoms with E-state index in [4.69, 9.17) is 10.1 Å². The number of nitrogens with zero attached hydrogens (tertiary/aromatic N) is 1. The third-order valence-corrected chi connectivity index (χ3v) is 5.06. The van der Waals surface area contributed by atoms with Crippen molar-refractivity contribution < 1.29 is 10.2 Å². The molecule has 3 N–H and O–H groups in total. The fourth-order valence-electron chi connectivity index (χ4n) is 2.50. The number of hydrogen-bond donors (Lipinski definition) is 3. The molecule has 4 nitrogen and oxygen atoms in total. The van der Waals surface area contributed by atoms with Crippen molar-refractivity contribution in [2.45, 2.75) is 20.0 Å². The predicted octanol–water partition coefficient (Wildman–Crippen LogP) is 3.86. The Labute approximate surface area is 151 Å². The lowest BCUT2D eigenvalue weighted by molar-refractivity contribution is 0.105. The highest BCUT2D eigenvalue weighted by Gasteiger charge is 2.09. The van der Waals surface area contributed by atoms with Crippen LogP contribution in [0.3, 0.4) is 0 Å². The molecule has 25 heavy (non-hydrogen) atoms. The molecule has 0 radical (unpaired) electrons. The molecule has 0 saturated carbocycles. The summed E-state index contributed by atoms with van der Waals surface area (Å²) in [5.41, 5.74) is 6.59. The summed E-state index contributed by atoms with van der Waals surface area (Å²) in [6.45, 7) is 4.28. The second-order valence-corrected chi connectivity index (χ2v) is 6.99. The van der Waals surface area contributed by atoms with E-state index in [-0.39, 0.29) is 6.61 Å². The number of thiazole rings is 1. The van der Waals surface area contributed by atoms with Gasteiger partial charge in [-0.15, -0.1) is 11.3 Å². The molecule has 2 aromatic carbocycles. The van der Waals surface area contributed by atoms with Gasteiger partial charge in [-0.25, -0.2) is 4.98 Å². The molecule has 1 unspecified atom stereocenters. The molecule has 3 rings (SSSR count). The Morgan fingerprint density at radius 3 is 2.68 bits per heavy atom. The summed E-state index contributed by atoms with van der Waals surface area (Å²) >= 11 is 1.62. The number of anilines is 1. The Balaban J connectivity index is 1.81. The van der Waals surface area contributed by atoms with Crippen molar-refractivity contribution in [2.75, 3.05) is 18.5 Å². The lowest BCUT2D eigenvalue weighted by Gasteiger charge is -2.10. The van der Waals surface area contributed by atoms with Gasteiger partial charge in [0.2, 0.25) is 0 Å². The van der Waals surface area contributed by atoms with Gasteiger partial charge in [-0.2, -0.15) is 0 Å². The van der Waals surface area contributed by atoms with Crippen LogP contribution in [0.4, 0.5) is 5.69 Å². The van der Waals surface area contributed by atoms with Crippen LogP contribution in [0, 0.1) is 13.8 Å². The van der Waals surface area contributed by atoms with E-state index in [0.717, 1.165) is 27.5 Å². The fourth-order valence-corrected chi connectivity index (χ4v) is 3.33. The summed E-state index contributed by atoms with van der Waals surface area (Å²) in [7, 11) is 0. The zero-order valence-corrected chi connectivity index (χ0v) is 15.2.